The number of aryl methyl sites for hydroxylation is 2. The standard InChI is InChI=1S/C28H27N3/c1-31(26-18-17-23-16-15-22-13-8-14-24(26)27(22)23)28(29)30-25(21-11-6-3-7-12-21)19-20-9-4-2-5-10-20/h2-14,17-18,25H,15-16,19H2,1H3,(H2,29,30). The van der Waals surface area contributed by atoms with Gasteiger partial charge < -0.3 is 10.6 Å². The number of guanidine groups is 1. The SMILES string of the molecule is CN(C(N)=NC(Cc1ccccc1)c1ccccc1)c1ccc2c3c(cccc13)CC2. The molecule has 154 valence electrons. The van der Waals surface area contributed by atoms with Crippen molar-refractivity contribution in [1.82, 2.24) is 0 Å². The lowest BCUT2D eigenvalue weighted by atomic mass is 9.99. The zero-order valence-corrected chi connectivity index (χ0v) is 17.8. The molecule has 0 saturated carbocycles. The third kappa shape index (κ3) is 3.79. The van der Waals surface area contributed by atoms with Gasteiger partial charge in [-0.15, -0.1) is 0 Å². The maximum Gasteiger partial charge on any atom is 0.196 e. The molecule has 0 heterocycles. The van der Waals surface area contributed by atoms with Crippen LogP contribution in [0.3, 0.4) is 0 Å². The summed E-state index contributed by atoms with van der Waals surface area (Å²) in [7, 11) is 2.02. The normalized spacial score (nSPS) is 14.0. The number of anilines is 1. The molecule has 0 fully saturated rings. The Morgan fingerprint density at radius 3 is 2.26 bits per heavy atom. The molecule has 0 radical (unpaired) electrons. The van der Waals surface area contributed by atoms with E-state index in [0.29, 0.717) is 5.96 Å². The first kappa shape index (κ1) is 19.4. The van der Waals surface area contributed by atoms with Crippen molar-refractivity contribution in [3.8, 4) is 0 Å². The van der Waals surface area contributed by atoms with E-state index in [1.54, 1.807) is 0 Å². The van der Waals surface area contributed by atoms with E-state index < -0.39 is 0 Å². The van der Waals surface area contributed by atoms with Crippen molar-refractivity contribution in [2.75, 3.05) is 11.9 Å². The van der Waals surface area contributed by atoms with Gasteiger partial charge in [0.05, 0.1) is 11.7 Å². The first-order valence-corrected chi connectivity index (χ1v) is 10.9. The Hall–Kier alpha value is -3.59. The van der Waals surface area contributed by atoms with E-state index in [2.05, 4.69) is 78.9 Å². The lowest BCUT2D eigenvalue weighted by Crippen LogP contribution is -2.34. The average Bonchev–Trinajstić information content (AvgIpc) is 3.24. The van der Waals surface area contributed by atoms with Gasteiger partial charge in [0.15, 0.2) is 5.96 Å². The van der Waals surface area contributed by atoms with Crippen molar-refractivity contribution in [3.05, 3.63) is 113 Å². The van der Waals surface area contributed by atoms with Gasteiger partial charge in [-0.2, -0.15) is 0 Å². The molecule has 5 rings (SSSR count). The van der Waals surface area contributed by atoms with Crippen LogP contribution >= 0.6 is 0 Å². The van der Waals surface area contributed by atoms with Crippen molar-refractivity contribution in [2.24, 2.45) is 10.7 Å². The summed E-state index contributed by atoms with van der Waals surface area (Å²) in [4.78, 5) is 7.04. The van der Waals surface area contributed by atoms with Crippen LogP contribution in [-0.4, -0.2) is 13.0 Å². The topological polar surface area (TPSA) is 41.6 Å². The fourth-order valence-corrected chi connectivity index (χ4v) is 4.64. The van der Waals surface area contributed by atoms with Gasteiger partial charge in [-0.25, -0.2) is 4.99 Å². The lowest BCUT2D eigenvalue weighted by Gasteiger charge is -2.23. The summed E-state index contributed by atoms with van der Waals surface area (Å²) in [6.07, 6.45) is 3.05. The van der Waals surface area contributed by atoms with Gasteiger partial charge in [0.25, 0.3) is 0 Å². The molecule has 0 saturated heterocycles. The number of rotatable bonds is 5. The molecular weight excluding hydrogens is 378 g/mol. The van der Waals surface area contributed by atoms with Crippen molar-refractivity contribution < 1.29 is 0 Å². The molecule has 1 aliphatic rings. The number of hydrogen-bond donors (Lipinski definition) is 1. The van der Waals surface area contributed by atoms with Gasteiger partial charge in [-0.1, -0.05) is 84.9 Å². The molecule has 1 aliphatic carbocycles. The van der Waals surface area contributed by atoms with E-state index in [4.69, 9.17) is 10.7 Å². The molecular formula is C28H27N3. The predicted molar refractivity (Wildman–Crippen MR) is 131 cm³/mol. The molecule has 4 aromatic carbocycles. The van der Waals surface area contributed by atoms with Crippen LogP contribution in [0.25, 0.3) is 10.8 Å². The fraction of sp³-hybridized carbons (Fsp3) is 0.179. The van der Waals surface area contributed by atoms with E-state index in [1.807, 2.05) is 24.1 Å². The molecule has 0 spiro atoms. The van der Waals surface area contributed by atoms with Crippen molar-refractivity contribution in [2.45, 2.75) is 25.3 Å². The van der Waals surface area contributed by atoms with E-state index in [9.17, 15) is 0 Å². The molecule has 1 atom stereocenters. The molecule has 4 aromatic rings. The van der Waals surface area contributed by atoms with Gasteiger partial charge in [-0.3, -0.25) is 0 Å². The average molecular weight is 406 g/mol. The number of hydrogen-bond acceptors (Lipinski definition) is 1. The highest BCUT2D eigenvalue weighted by Crippen LogP contribution is 2.36. The van der Waals surface area contributed by atoms with Crippen LogP contribution in [0.1, 0.15) is 28.3 Å². The zero-order valence-electron chi connectivity index (χ0n) is 17.8. The molecule has 0 aliphatic heterocycles. The third-order valence-corrected chi connectivity index (χ3v) is 6.30. The number of aliphatic imine (C=N–C) groups is 1. The Balaban J connectivity index is 1.52. The van der Waals surface area contributed by atoms with Crippen molar-refractivity contribution in [3.63, 3.8) is 0 Å². The van der Waals surface area contributed by atoms with Gasteiger partial charge in [-0.05, 0) is 53.0 Å². The highest BCUT2D eigenvalue weighted by atomic mass is 15.2. The molecule has 0 aromatic heterocycles. The van der Waals surface area contributed by atoms with Crippen LogP contribution in [0, 0.1) is 0 Å². The maximum atomic E-state index is 6.60. The molecule has 0 bridgehead atoms. The minimum Gasteiger partial charge on any atom is -0.370 e. The van der Waals surface area contributed by atoms with E-state index in [-0.39, 0.29) is 6.04 Å². The van der Waals surface area contributed by atoms with Crippen LogP contribution < -0.4 is 10.6 Å². The first-order valence-electron chi connectivity index (χ1n) is 10.9. The second kappa shape index (κ2) is 8.27. The third-order valence-electron chi connectivity index (χ3n) is 6.30. The summed E-state index contributed by atoms with van der Waals surface area (Å²) in [6, 6.07) is 31.9. The Morgan fingerprint density at radius 2 is 1.52 bits per heavy atom. The van der Waals surface area contributed by atoms with Crippen LogP contribution in [0.15, 0.2) is 96.0 Å². The minimum absolute atomic E-state index is 0.0390. The monoisotopic (exact) mass is 405 g/mol. The van der Waals surface area contributed by atoms with Crippen molar-refractivity contribution >= 4 is 22.4 Å². The number of nitrogens with zero attached hydrogens (tertiary/aromatic N) is 2. The highest BCUT2D eigenvalue weighted by Gasteiger charge is 2.19. The predicted octanol–water partition coefficient (Wildman–Crippen LogP) is 5.67. The first-order chi connectivity index (χ1) is 15.2. The fourth-order valence-electron chi connectivity index (χ4n) is 4.64. The zero-order chi connectivity index (χ0) is 21.2. The Kier molecular flexibility index (Phi) is 5.17. The number of benzene rings is 4. The van der Waals surface area contributed by atoms with Crippen LogP contribution in [-0.2, 0) is 19.3 Å². The summed E-state index contributed by atoms with van der Waals surface area (Å²) in [6.45, 7) is 0. The molecule has 3 heteroatoms. The quantitative estimate of drug-likeness (QED) is 0.343. The second-order valence-corrected chi connectivity index (χ2v) is 8.25. The Bertz CT molecular complexity index is 1220. The highest BCUT2D eigenvalue weighted by molar-refractivity contribution is 6.06. The summed E-state index contributed by atoms with van der Waals surface area (Å²) >= 11 is 0. The molecule has 0 amide bonds. The smallest absolute Gasteiger partial charge is 0.196 e. The summed E-state index contributed by atoms with van der Waals surface area (Å²) in [5, 5.41) is 2.65. The van der Waals surface area contributed by atoms with Crippen LogP contribution in [0.5, 0.6) is 0 Å². The van der Waals surface area contributed by atoms with Gasteiger partial charge in [0.2, 0.25) is 0 Å². The van der Waals surface area contributed by atoms with E-state index in [1.165, 1.54) is 33.0 Å². The summed E-state index contributed by atoms with van der Waals surface area (Å²) in [5.74, 6) is 0.531. The van der Waals surface area contributed by atoms with Crippen LogP contribution in [0.4, 0.5) is 5.69 Å². The molecule has 1 unspecified atom stereocenters. The molecule has 3 nitrogen and oxygen atoms in total. The van der Waals surface area contributed by atoms with Gasteiger partial charge >= 0.3 is 0 Å². The summed E-state index contributed by atoms with van der Waals surface area (Å²) in [5.41, 5.74) is 13.0. The molecule has 2 N–H and O–H groups in total. The maximum absolute atomic E-state index is 6.60. The Labute approximate surface area is 183 Å². The van der Waals surface area contributed by atoms with E-state index in [0.717, 1.165) is 24.9 Å². The van der Waals surface area contributed by atoms with Gasteiger partial charge in [0, 0.05) is 12.4 Å². The summed E-state index contributed by atoms with van der Waals surface area (Å²) < 4.78 is 0. The number of nitrogens with two attached hydrogens (primary N) is 1. The minimum atomic E-state index is -0.0390. The Morgan fingerprint density at radius 1 is 0.839 bits per heavy atom. The van der Waals surface area contributed by atoms with Crippen LogP contribution in [0.2, 0.25) is 0 Å². The molecule has 31 heavy (non-hydrogen) atoms. The van der Waals surface area contributed by atoms with E-state index >= 15 is 0 Å². The largest absolute Gasteiger partial charge is 0.370 e. The van der Waals surface area contributed by atoms with Gasteiger partial charge in [0.1, 0.15) is 0 Å². The van der Waals surface area contributed by atoms with Crippen molar-refractivity contribution in [1.29, 1.82) is 0 Å². The second-order valence-electron chi connectivity index (χ2n) is 8.25. The lowest BCUT2D eigenvalue weighted by molar-refractivity contribution is 0.720.